The van der Waals surface area contributed by atoms with E-state index in [1.54, 1.807) is 0 Å². The van der Waals surface area contributed by atoms with Crippen LogP contribution in [0.25, 0.3) is 5.65 Å². The van der Waals surface area contributed by atoms with E-state index in [0.717, 1.165) is 49.8 Å². The number of hydrogen-bond donors (Lipinski definition) is 2. The molecule has 1 saturated heterocycles. The number of carbonyl (C=O) groups excluding carboxylic acids is 1. The molecule has 1 aliphatic rings. The lowest BCUT2D eigenvalue weighted by Gasteiger charge is -2.31. The number of hydrogen-bond acceptors (Lipinski definition) is 4. The Balaban J connectivity index is 1.33. The van der Waals surface area contributed by atoms with Gasteiger partial charge >= 0.3 is 6.03 Å². The fraction of sp³-hybridized carbons (Fsp3) is 0.391. The first kappa shape index (κ1) is 20.4. The topological polar surface area (TPSA) is 70.9 Å². The van der Waals surface area contributed by atoms with Crippen LogP contribution in [-0.4, -0.2) is 59.7 Å². The first-order valence-corrected chi connectivity index (χ1v) is 10.5. The van der Waals surface area contributed by atoms with Gasteiger partial charge in [0.1, 0.15) is 5.65 Å². The highest BCUT2D eigenvalue weighted by Gasteiger charge is 2.20. The zero-order chi connectivity index (χ0) is 20.8. The average Bonchev–Trinajstić information content (AvgIpc) is 3.17. The van der Waals surface area contributed by atoms with Crippen molar-refractivity contribution in [3.8, 4) is 0 Å². The molecule has 7 nitrogen and oxygen atoms in total. The van der Waals surface area contributed by atoms with Gasteiger partial charge in [0.25, 0.3) is 0 Å². The van der Waals surface area contributed by atoms with Crippen LogP contribution >= 0.6 is 0 Å². The van der Waals surface area contributed by atoms with E-state index in [1.807, 2.05) is 35.0 Å². The summed E-state index contributed by atoms with van der Waals surface area (Å²) in [6.07, 6.45) is 4.67. The number of pyridine rings is 1. The van der Waals surface area contributed by atoms with Crippen molar-refractivity contribution < 1.29 is 9.53 Å². The number of fused-ring (bicyclic) bond motifs is 1. The van der Waals surface area contributed by atoms with Gasteiger partial charge in [-0.3, -0.25) is 4.90 Å². The van der Waals surface area contributed by atoms with Crippen molar-refractivity contribution in [1.82, 2.24) is 24.9 Å². The number of benzene rings is 1. The Bertz CT molecular complexity index is 930. The van der Waals surface area contributed by atoms with Crippen molar-refractivity contribution in [3.05, 3.63) is 71.7 Å². The molecule has 0 spiro atoms. The Labute approximate surface area is 177 Å². The van der Waals surface area contributed by atoms with E-state index in [-0.39, 0.29) is 12.1 Å². The number of urea groups is 1. The first-order chi connectivity index (χ1) is 14.7. The van der Waals surface area contributed by atoms with Crippen LogP contribution in [0.5, 0.6) is 0 Å². The van der Waals surface area contributed by atoms with Crippen molar-refractivity contribution >= 4 is 11.7 Å². The molecule has 2 aromatic heterocycles. The molecule has 0 saturated carbocycles. The number of carbonyl (C=O) groups is 1. The lowest BCUT2D eigenvalue weighted by Crippen LogP contribution is -2.45. The molecule has 0 aliphatic carbocycles. The van der Waals surface area contributed by atoms with Crippen LogP contribution in [0.3, 0.4) is 0 Å². The van der Waals surface area contributed by atoms with Crippen LogP contribution in [0, 0.1) is 6.92 Å². The van der Waals surface area contributed by atoms with Crippen molar-refractivity contribution in [1.29, 1.82) is 0 Å². The summed E-state index contributed by atoms with van der Waals surface area (Å²) in [7, 11) is 0. The van der Waals surface area contributed by atoms with Gasteiger partial charge in [-0.15, -0.1) is 0 Å². The smallest absolute Gasteiger partial charge is 0.315 e. The quantitative estimate of drug-likeness (QED) is 0.632. The van der Waals surface area contributed by atoms with Crippen LogP contribution in [0.15, 0.2) is 54.9 Å². The van der Waals surface area contributed by atoms with Crippen LogP contribution in [0.4, 0.5) is 4.79 Å². The molecule has 3 heterocycles. The Morgan fingerprint density at radius 3 is 2.73 bits per heavy atom. The van der Waals surface area contributed by atoms with Gasteiger partial charge in [-0.25, -0.2) is 9.78 Å². The summed E-state index contributed by atoms with van der Waals surface area (Å²) in [5.74, 6) is 0. The van der Waals surface area contributed by atoms with Gasteiger partial charge in [-0.2, -0.15) is 0 Å². The second-order valence-electron chi connectivity index (χ2n) is 7.72. The van der Waals surface area contributed by atoms with Gasteiger partial charge in [0.15, 0.2) is 0 Å². The molecule has 2 amide bonds. The molecule has 3 aromatic rings. The highest BCUT2D eigenvalue weighted by Crippen LogP contribution is 2.16. The number of amides is 2. The predicted octanol–water partition coefficient (Wildman–Crippen LogP) is 2.56. The van der Waals surface area contributed by atoms with Gasteiger partial charge in [0, 0.05) is 45.0 Å². The third-order valence-electron chi connectivity index (χ3n) is 5.41. The normalized spacial score (nSPS) is 15.8. The number of aryl methyl sites for hydroxylation is 1. The van der Waals surface area contributed by atoms with Gasteiger partial charge in [-0.1, -0.05) is 35.9 Å². The lowest BCUT2D eigenvalue weighted by atomic mass is 10.0. The SMILES string of the molecule is Cc1ccc([C@@H](CN2CCOCC2)NC(=O)NCCc2cn3ccccc3n2)cc1. The van der Waals surface area contributed by atoms with Crippen LogP contribution in [0.1, 0.15) is 22.9 Å². The molecule has 1 aromatic carbocycles. The van der Waals surface area contributed by atoms with Gasteiger partial charge in [-0.05, 0) is 24.6 Å². The third kappa shape index (κ3) is 5.37. The number of nitrogens with zero attached hydrogens (tertiary/aromatic N) is 3. The van der Waals surface area contributed by atoms with Crippen LogP contribution < -0.4 is 10.6 Å². The molecule has 30 heavy (non-hydrogen) atoms. The second kappa shape index (κ2) is 9.73. The molecule has 0 radical (unpaired) electrons. The summed E-state index contributed by atoms with van der Waals surface area (Å²) in [5.41, 5.74) is 4.20. The van der Waals surface area contributed by atoms with Crippen molar-refractivity contribution in [2.45, 2.75) is 19.4 Å². The molecular weight excluding hydrogens is 378 g/mol. The van der Waals surface area contributed by atoms with Crippen LogP contribution in [0.2, 0.25) is 0 Å². The maximum absolute atomic E-state index is 12.6. The molecule has 1 atom stereocenters. The maximum Gasteiger partial charge on any atom is 0.315 e. The van der Waals surface area contributed by atoms with Gasteiger partial charge in [0.2, 0.25) is 0 Å². The molecule has 0 unspecified atom stereocenters. The molecule has 1 aliphatic heterocycles. The second-order valence-corrected chi connectivity index (χ2v) is 7.72. The number of nitrogens with one attached hydrogen (secondary N) is 2. The summed E-state index contributed by atoms with van der Waals surface area (Å²) in [6, 6.07) is 14.1. The summed E-state index contributed by atoms with van der Waals surface area (Å²) in [4.78, 5) is 19.5. The molecule has 1 fully saturated rings. The first-order valence-electron chi connectivity index (χ1n) is 10.5. The largest absolute Gasteiger partial charge is 0.379 e. The highest BCUT2D eigenvalue weighted by molar-refractivity contribution is 5.74. The maximum atomic E-state index is 12.6. The summed E-state index contributed by atoms with van der Waals surface area (Å²) < 4.78 is 7.44. The minimum Gasteiger partial charge on any atom is -0.379 e. The van der Waals surface area contributed by atoms with E-state index in [0.29, 0.717) is 13.0 Å². The lowest BCUT2D eigenvalue weighted by molar-refractivity contribution is 0.0340. The number of rotatable bonds is 7. The van der Waals surface area contributed by atoms with E-state index in [4.69, 9.17) is 4.74 Å². The van der Waals surface area contributed by atoms with E-state index < -0.39 is 0 Å². The number of ether oxygens (including phenoxy) is 1. The molecule has 4 rings (SSSR count). The third-order valence-corrected chi connectivity index (χ3v) is 5.41. The number of morpholine rings is 1. The molecular formula is C23H29N5O2. The highest BCUT2D eigenvalue weighted by atomic mass is 16.5. The van der Waals surface area contributed by atoms with E-state index in [1.165, 1.54) is 5.56 Å². The molecule has 7 heteroatoms. The zero-order valence-electron chi connectivity index (χ0n) is 17.4. The number of aromatic nitrogens is 2. The standard InChI is InChI=1S/C23H29N5O2/c1-18-5-7-19(8-6-18)21(17-27-12-14-30-15-13-27)26-23(29)24-10-9-20-16-28-11-3-2-4-22(28)25-20/h2-8,11,16,21H,9-10,12-15,17H2,1H3,(H2,24,26,29)/t21-/m1/s1. The fourth-order valence-electron chi connectivity index (χ4n) is 3.70. The monoisotopic (exact) mass is 407 g/mol. The van der Waals surface area contributed by atoms with Crippen LogP contribution in [-0.2, 0) is 11.2 Å². The van der Waals surface area contributed by atoms with E-state index in [9.17, 15) is 4.79 Å². The Morgan fingerprint density at radius 1 is 1.17 bits per heavy atom. The minimum absolute atomic E-state index is 0.0705. The summed E-state index contributed by atoms with van der Waals surface area (Å²) >= 11 is 0. The Morgan fingerprint density at radius 2 is 1.97 bits per heavy atom. The molecule has 2 N–H and O–H groups in total. The van der Waals surface area contributed by atoms with Crippen molar-refractivity contribution in [3.63, 3.8) is 0 Å². The Kier molecular flexibility index (Phi) is 6.61. The Hall–Kier alpha value is -2.90. The predicted molar refractivity (Wildman–Crippen MR) is 117 cm³/mol. The average molecular weight is 408 g/mol. The molecule has 158 valence electrons. The van der Waals surface area contributed by atoms with E-state index in [2.05, 4.69) is 51.7 Å². The van der Waals surface area contributed by atoms with Crippen molar-refractivity contribution in [2.75, 3.05) is 39.4 Å². The fourth-order valence-corrected chi connectivity index (χ4v) is 3.70. The summed E-state index contributed by atoms with van der Waals surface area (Å²) in [6.45, 7) is 6.64. The van der Waals surface area contributed by atoms with Crippen molar-refractivity contribution in [2.24, 2.45) is 0 Å². The van der Waals surface area contributed by atoms with Gasteiger partial charge < -0.3 is 19.8 Å². The van der Waals surface area contributed by atoms with Gasteiger partial charge in [0.05, 0.1) is 24.9 Å². The minimum atomic E-state index is -0.155. The summed E-state index contributed by atoms with van der Waals surface area (Å²) in [5, 5.41) is 6.14. The molecule has 0 bridgehead atoms. The number of imidazole rings is 1. The van der Waals surface area contributed by atoms with E-state index >= 15 is 0 Å². The zero-order valence-corrected chi connectivity index (χ0v) is 17.4.